The second kappa shape index (κ2) is 6.20. The first-order chi connectivity index (χ1) is 9.81. The van der Waals surface area contributed by atoms with E-state index in [1.54, 1.807) is 26.2 Å². The summed E-state index contributed by atoms with van der Waals surface area (Å²) in [5, 5.41) is 9.30. The van der Waals surface area contributed by atoms with Crippen molar-refractivity contribution < 1.29 is 9.90 Å². The van der Waals surface area contributed by atoms with E-state index in [4.69, 9.17) is 0 Å². The van der Waals surface area contributed by atoms with Crippen LogP contribution in [-0.2, 0) is 4.79 Å². The van der Waals surface area contributed by atoms with Crippen molar-refractivity contribution in [2.75, 3.05) is 0 Å². The summed E-state index contributed by atoms with van der Waals surface area (Å²) in [6.07, 6.45) is 3.47. The summed E-state index contributed by atoms with van der Waals surface area (Å²) in [4.78, 5) is 16.4. The fourth-order valence-corrected chi connectivity index (χ4v) is 3.11. The van der Waals surface area contributed by atoms with Gasteiger partial charge in [0.05, 0.1) is 0 Å². The Hall–Kier alpha value is -1.33. The molecule has 21 heavy (non-hydrogen) atoms. The van der Waals surface area contributed by atoms with Crippen molar-refractivity contribution in [3.63, 3.8) is 0 Å². The van der Waals surface area contributed by atoms with Gasteiger partial charge in [-0.2, -0.15) is 0 Å². The van der Waals surface area contributed by atoms with E-state index in [0.717, 1.165) is 26.1 Å². The Balaban J connectivity index is 2.46. The maximum absolute atomic E-state index is 11.3. The zero-order chi connectivity index (χ0) is 15.6. The number of aromatic nitrogens is 1. The van der Waals surface area contributed by atoms with Crippen LogP contribution in [0.3, 0.4) is 0 Å². The molecule has 110 valence electrons. The van der Waals surface area contributed by atoms with E-state index in [1.165, 1.54) is 11.8 Å². The van der Waals surface area contributed by atoms with Gasteiger partial charge in [-0.1, -0.05) is 28.1 Å². The van der Waals surface area contributed by atoms with Gasteiger partial charge in [0, 0.05) is 27.3 Å². The van der Waals surface area contributed by atoms with Crippen LogP contribution in [0.2, 0.25) is 0 Å². The highest BCUT2D eigenvalue weighted by Gasteiger charge is 2.29. The molecule has 0 bridgehead atoms. The standard InChI is InChI=1S/C16H16BrNO2S/c1-10-8-11(4-5-13(10)17)12-9-18-7-6-14(12)21-16(2,3)15(19)20/h4-9H,1-3H3,(H,19,20). The lowest BCUT2D eigenvalue weighted by atomic mass is 10.1. The van der Waals surface area contributed by atoms with Gasteiger partial charge in [0.1, 0.15) is 4.75 Å². The molecule has 0 amide bonds. The number of pyridine rings is 1. The number of hydrogen-bond acceptors (Lipinski definition) is 3. The number of carboxylic acid groups (broad SMARTS) is 1. The molecule has 0 atom stereocenters. The topological polar surface area (TPSA) is 50.2 Å². The van der Waals surface area contributed by atoms with Crippen LogP contribution in [0.15, 0.2) is 46.0 Å². The molecule has 0 spiro atoms. The smallest absolute Gasteiger partial charge is 0.319 e. The van der Waals surface area contributed by atoms with Gasteiger partial charge in [-0.3, -0.25) is 9.78 Å². The van der Waals surface area contributed by atoms with Gasteiger partial charge >= 0.3 is 5.97 Å². The van der Waals surface area contributed by atoms with Gasteiger partial charge in [-0.25, -0.2) is 0 Å². The number of thioether (sulfide) groups is 1. The molecule has 0 aliphatic rings. The van der Waals surface area contributed by atoms with E-state index in [1.807, 2.05) is 25.1 Å². The summed E-state index contributed by atoms with van der Waals surface area (Å²) in [5.41, 5.74) is 3.12. The second-order valence-corrected chi connectivity index (χ2v) is 7.77. The molecule has 2 aromatic rings. The molecular formula is C16H16BrNO2S. The van der Waals surface area contributed by atoms with Gasteiger partial charge < -0.3 is 5.11 Å². The Bertz CT molecular complexity index is 686. The predicted octanol–water partition coefficient (Wildman–Crippen LogP) is 4.77. The first kappa shape index (κ1) is 16.0. The molecular weight excluding hydrogens is 350 g/mol. The summed E-state index contributed by atoms with van der Waals surface area (Å²) in [6.45, 7) is 5.44. The monoisotopic (exact) mass is 365 g/mol. The average Bonchev–Trinajstić information content (AvgIpc) is 2.42. The highest BCUT2D eigenvalue weighted by molar-refractivity contribution is 9.10. The fraction of sp³-hybridized carbons (Fsp3) is 0.250. The quantitative estimate of drug-likeness (QED) is 0.792. The third-order valence-corrected chi connectivity index (χ3v) is 5.28. The van der Waals surface area contributed by atoms with Crippen LogP contribution in [0.4, 0.5) is 0 Å². The van der Waals surface area contributed by atoms with E-state index in [-0.39, 0.29) is 0 Å². The van der Waals surface area contributed by atoms with Crippen LogP contribution in [0.1, 0.15) is 19.4 Å². The minimum atomic E-state index is -0.888. The van der Waals surface area contributed by atoms with Gasteiger partial charge in [-0.05, 0) is 44.0 Å². The number of nitrogens with zero attached hydrogens (tertiary/aromatic N) is 1. The van der Waals surface area contributed by atoms with Crippen LogP contribution >= 0.6 is 27.7 Å². The molecule has 0 radical (unpaired) electrons. The largest absolute Gasteiger partial charge is 0.480 e. The lowest BCUT2D eigenvalue weighted by molar-refractivity contribution is -0.138. The normalized spacial score (nSPS) is 11.4. The Morgan fingerprint density at radius 2 is 2.05 bits per heavy atom. The van der Waals surface area contributed by atoms with Crippen molar-refractivity contribution in [2.24, 2.45) is 0 Å². The number of carbonyl (C=O) groups is 1. The highest BCUT2D eigenvalue weighted by atomic mass is 79.9. The van der Waals surface area contributed by atoms with Crippen molar-refractivity contribution in [2.45, 2.75) is 30.4 Å². The van der Waals surface area contributed by atoms with Crippen molar-refractivity contribution in [1.29, 1.82) is 0 Å². The zero-order valence-electron chi connectivity index (χ0n) is 12.1. The summed E-state index contributed by atoms with van der Waals surface area (Å²) >= 11 is 4.82. The van der Waals surface area contributed by atoms with Crippen LogP contribution in [-0.4, -0.2) is 20.8 Å². The SMILES string of the molecule is Cc1cc(-c2cnccc2SC(C)(C)C(=O)O)ccc1Br. The third kappa shape index (κ3) is 3.66. The number of halogens is 1. The summed E-state index contributed by atoms with van der Waals surface area (Å²) < 4.78 is 0.163. The molecule has 0 saturated carbocycles. The summed E-state index contributed by atoms with van der Waals surface area (Å²) in [6, 6.07) is 7.93. The van der Waals surface area contributed by atoms with Crippen molar-refractivity contribution in [3.05, 3.63) is 46.7 Å². The van der Waals surface area contributed by atoms with E-state index in [0.29, 0.717) is 0 Å². The number of aliphatic carboxylic acids is 1. The molecule has 2 rings (SSSR count). The Labute approximate surface area is 136 Å². The lowest BCUT2D eigenvalue weighted by Crippen LogP contribution is -2.27. The van der Waals surface area contributed by atoms with Crippen molar-refractivity contribution >= 4 is 33.7 Å². The molecule has 0 aliphatic heterocycles. The molecule has 3 nitrogen and oxygen atoms in total. The third-order valence-electron chi connectivity index (χ3n) is 3.13. The van der Waals surface area contributed by atoms with Crippen molar-refractivity contribution in [1.82, 2.24) is 4.98 Å². The maximum Gasteiger partial charge on any atom is 0.319 e. The number of aryl methyl sites for hydroxylation is 1. The predicted molar refractivity (Wildman–Crippen MR) is 89.7 cm³/mol. The van der Waals surface area contributed by atoms with Gasteiger partial charge in [-0.15, -0.1) is 11.8 Å². The van der Waals surface area contributed by atoms with Crippen LogP contribution in [0.5, 0.6) is 0 Å². The minimum absolute atomic E-state index is 0.831. The zero-order valence-corrected chi connectivity index (χ0v) is 14.5. The number of benzene rings is 1. The molecule has 1 heterocycles. The van der Waals surface area contributed by atoms with E-state index in [9.17, 15) is 9.90 Å². The highest BCUT2D eigenvalue weighted by Crippen LogP contribution is 2.39. The minimum Gasteiger partial charge on any atom is -0.480 e. The fourth-order valence-electron chi connectivity index (χ4n) is 1.82. The second-order valence-electron chi connectivity index (χ2n) is 5.25. The molecule has 0 aliphatic carbocycles. The molecule has 1 aromatic carbocycles. The summed E-state index contributed by atoms with van der Waals surface area (Å²) in [5.74, 6) is -0.831. The Kier molecular flexibility index (Phi) is 4.74. The number of carboxylic acids is 1. The van der Waals surface area contributed by atoms with Crippen LogP contribution in [0.25, 0.3) is 11.1 Å². The number of hydrogen-bond donors (Lipinski definition) is 1. The number of rotatable bonds is 4. The van der Waals surface area contributed by atoms with Crippen molar-refractivity contribution in [3.8, 4) is 11.1 Å². The molecule has 0 unspecified atom stereocenters. The molecule has 5 heteroatoms. The Morgan fingerprint density at radius 3 is 2.67 bits per heavy atom. The molecule has 0 saturated heterocycles. The lowest BCUT2D eigenvalue weighted by Gasteiger charge is -2.20. The first-order valence-corrected chi connectivity index (χ1v) is 8.05. The maximum atomic E-state index is 11.3. The van der Waals surface area contributed by atoms with E-state index >= 15 is 0 Å². The van der Waals surface area contributed by atoms with Crippen LogP contribution in [0, 0.1) is 6.92 Å². The summed E-state index contributed by atoms with van der Waals surface area (Å²) in [7, 11) is 0. The molecule has 1 aromatic heterocycles. The van der Waals surface area contributed by atoms with Gasteiger partial charge in [0.25, 0.3) is 0 Å². The van der Waals surface area contributed by atoms with E-state index in [2.05, 4.69) is 27.0 Å². The molecule has 1 N–H and O–H groups in total. The van der Waals surface area contributed by atoms with Gasteiger partial charge in [0.15, 0.2) is 0 Å². The van der Waals surface area contributed by atoms with Gasteiger partial charge in [0.2, 0.25) is 0 Å². The average molecular weight is 366 g/mol. The first-order valence-electron chi connectivity index (χ1n) is 6.44. The Morgan fingerprint density at radius 1 is 1.33 bits per heavy atom. The molecule has 0 fully saturated rings. The van der Waals surface area contributed by atoms with Crippen LogP contribution < -0.4 is 0 Å². The van der Waals surface area contributed by atoms with E-state index < -0.39 is 10.7 Å².